The van der Waals surface area contributed by atoms with Gasteiger partial charge in [-0.05, 0) is 37.6 Å². The number of aliphatic hydroxyl groups is 1. The SMILES string of the molecule is COc1cccc(C2C(C(=O)c3cc4cc(C)ccc4o3)=C(O)C(=O)N2CCCN2CCOCC2)c1OC. The summed E-state index contributed by atoms with van der Waals surface area (Å²) in [4.78, 5) is 31.1. The van der Waals surface area contributed by atoms with E-state index in [2.05, 4.69) is 4.90 Å². The van der Waals surface area contributed by atoms with E-state index in [0.29, 0.717) is 48.8 Å². The molecule has 0 saturated carbocycles. The number of carbonyl (C=O) groups is 2. The lowest BCUT2D eigenvalue weighted by molar-refractivity contribution is -0.129. The van der Waals surface area contributed by atoms with Gasteiger partial charge in [-0.15, -0.1) is 0 Å². The van der Waals surface area contributed by atoms with Crippen LogP contribution in [0.1, 0.15) is 34.1 Å². The lowest BCUT2D eigenvalue weighted by Crippen LogP contribution is -2.39. The van der Waals surface area contributed by atoms with Gasteiger partial charge >= 0.3 is 0 Å². The van der Waals surface area contributed by atoms with E-state index < -0.39 is 23.5 Å². The number of aliphatic hydroxyl groups excluding tert-OH is 1. The van der Waals surface area contributed by atoms with Crippen molar-refractivity contribution in [2.24, 2.45) is 0 Å². The number of morpholine rings is 1. The van der Waals surface area contributed by atoms with Crippen molar-refractivity contribution in [1.82, 2.24) is 9.80 Å². The van der Waals surface area contributed by atoms with Gasteiger partial charge < -0.3 is 28.6 Å². The quantitative estimate of drug-likeness (QED) is 0.422. The lowest BCUT2D eigenvalue weighted by Gasteiger charge is -2.30. The molecule has 1 unspecified atom stereocenters. The molecule has 9 nitrogen and oxygen atoms in total. The van der Waals surface area contributed by atoms with Gasteiger partial charge in [0.05, 0.1) is 39.0 Å². The zero-order chi connectivity index (χ0) is 26.8. The molecule has 2 aromatic carbocycles. The van der Waals surface area contributed by atoms with Crippen LogP contribution in [0.15, 0.2) is 58.2 Å². The molecule has 5 rings (SSSR count). The molecule has 9 heteroatoms. The molecule has 0 radical (unpaired) electrons. The van der Waals surface area contributed by atoms with Crippen LogP contribution in [0.3, 0.4) is 0 Å². The summed E-state index contributed by atoms with van der Waals surface area (Å²) in [7, 11) is 3.03. The van der Waals surface area contributed by atoms with E-state index in [9.17, 15) is 14.7 Å². The molecule has 1 amide bonds. The Bertz CT molecular complexity index is 1390. The summed E-state index contributed by atoms with van der Waals surface area (Å²) in [6, 6.07) is 11.7. The summed E-state index contributed by atoms with van der Waals surface area (Å²) in [6.07, 6.45) is 0.660. The summed E-state index contributed by atoms with van der Waals surface area (Å²) in [5.74, 6) is -0.809. The molecular weight excluding hydrogens is 488 g/mol. The molecule has 1 fully saturated rings. The summed E-state index contributed by atoms with van der Waals surface area (Å²) in [5, 5.41) is 11.8. The smallest absolute Gasteiger partial charge is 0.290 e. The maximum absolute atomic E-state index is 13.9. The molecule has 200 valence electrons. The van der Waals surface area contributed by atoms with Gasteiger partial charge in [-0.1, -0.05) is 23.8 Å². The van der Waals surface area contributed by atoms with Gasteiger partial charge in [-0.25, -0.2) is 0 Å². The minimum atomic E-state index is -0.875. The lowest BCUT2D eigenvalue weighted by atomic mass is 9.94. The van der Waals surface area contributed by atoms with Crippen LogP contribution in [0, 0.1) is 6.92 Å². The van der Waals surface area contributed by atoms with Crippen molar-refractivity contribution in [2.75, 3.05) is 53.6 Å². The number of fused-ring (bicyclic) bond motifs is 1. The number of aryl methyl sites for hydroxylation is 1. The Kier molecular flexibility index (Phi) is 7.40. The largest absolute Gasteiger partial charge is 0.503 e. The van der Waals surface area contributed by atoms with Crippen molar-refractivity contribution in [3.05, 3.63) is 70.7 Å². The third-order valence-electron chi connectivity index (χ3n) is 7.15. The number of furan rings is 1. The van der Waals surface area contributed by atoms with E-state index in [0.717, 1.165) is 30.6 Å². The monoisotopic (exact) mass is 520 g/mol. The van der Waals surface area contributed by atoms with Crippen LogP contribution in [0.4, 0.5) is 0 Å². The van der Waals surface area contributed by atoms with Gasteiger partial charge in [0.2, 0.25) is 5.78 Å². The first-order chi connectivity index (χ1) is 18.4. The zero-order valence-corrected chi connectivity index (χ0v) is 21.9. The number of hydrogen-bond acceptors (Lipinski definition) is 8. The molecule has 2 aliphatic rings. The summed E-state index contributed by atoms with van der Waals surface area (Å²) in [5.41, 5.74) is 2.09. The first-order valence-corrected chi connectivity index (χ1v) is 12.7. The van der Waals surface area contributed by atoms with Crippen LogP contribution in [-0.2, 0) is 9.53 Å². The van der Waals surface area contributed by atoms with E-state index in [-0.39, 0.29) is 11.3 Å². The van der Waals surface area contributed by atoms with Crippen molar-refractivity contribution in [1.29, 1.82) is 0 Å². The minimum absolute atomic E-state index is 0.0382. The molecule has 3 aromatic rings. The van der Waals surface area contributed by atoms with Crippen LogP contribution in [0.5, 0.6) is 11.5 Å². The molecule has 2 aliphatic heterocycles. The van der Waals surface area contributed by atoms with Crippen molar-refractivity contribution in [3.63, 3.8) is 0 Å². The molecule has 0 spiro atoms. The fourth-order valence-electron chi connectivity index (χ4n) is 5.26. The molecule has 3 heterocycles. The number of benzene rings is 2. The molecular formula is C29H32N2O7. The van der Waals surface area contributed by atoms with E-state index in [1.54, 1.807) is 30.3 Å². The first-order valence-electron chi connectivity index (χ1n) is 12.7. The molecule has 1 saturated heterocycles. The summed E-state index contributed by atoms with van der Waals surface area (Å²) in [6.45, 7) is 6.09. The average Bonchev–Trinajstić information content (AvgIpc) is 3.46. The van der Waals surface area contributed by atoms with Crippen molar-refractivity contribution in [2.45, 2.75) is 19.4 Å². The number of para-hydroxylation sites is 1. The van der Waals surface area contributed by atoms with Crippen LogP contribution in [0.25, 0.3) is 11.0 Å². The van der Waals surface area contributed by atoms with E-state index in [1.807, 2.05) is 19.1 Å². The number of Topliss-reactive ketones (excluding diaryl/α,β-unsaturated/α-hetero) is 1. The van der Waals surface area contributed by atoms with Crippen LogP contribution in [-0.4, -0.2) is 80.2 Å². The Morgan fingerprint density at radius 2 is 1.87 bits per heavy atom. The van der Waals surface area contributed by atoms with Gasteiger partial charge in [0.25, 0.3) is 5.91 Å². The number of hydrogen-bond donors (Lipinski definition) is 1. The first kappa shape index (κ1) is 25.8. The summed E-state index contributed by atoms with van der Waals surface area (Å²) < 4.78 is 22.4. The van der Waals surface area contributed by atoms with E-state index in [4.69, 9.17) is 18.6 Å². The fraction of sp³-hybridized carbons (Fsp3) is 0.379. The number of ether oxygens (including phenoxy) is 3. The van der Waals surface area contributed by atoms with Gasteiger partial charge in [0.1, 0.15) is 5.58 Å². The molecule has 38 heavy (non-hydrogen) atoms. The topological polar surface area (TPSA) is 102 Å². The molecule has 0 aliphatic carbocycles. The second kappa shape index (κ2) is 10.9. The van der Waals surface area contributed by atoms with Crippen molar-refractivity contribution < 1.29 is 33.3 Å². The van der Waals surface area contributed by atoms with Crippen LogP contribution >= 0.6 is 0 Å². The van der Waals surface area contributed by atoms with Gasteiger partial charge in [-0.2, -0.15) is 0 Å². The predicted octanol–water partition coefficient (Wildman–Crippen LogP) is 4.06. The molecule has 1 atom stereocenters. The fourth-order valence-corrected chi connectivity index (χ4v) is 5.26. The number of methoxy groups -OCH3 is 2. The highest BCUT2D eigenvalue weighted by Gasteiger charge is 2.45. The number of rotatable bonds is 9. The molecule has 0 bridgehead atoms. The minimum Gasteiger partial charge on any atom is -0.503 e. The average molecular weight is 521 g/mol. The zero-order valence-electron chi connectivity index (χ0n) is 21.9. The number of amides is 1. The Morgan fingerprint density at radius 3 is 2.61 bits per heavy atom. The number of carbonyl (C=O) groups excluding carboxylic acids is 2. The van der Waals surface area contributed by atoms with Gasteiger partial charge in [0.15, 0.2) is 23.0 Å². The van der Waals surface area contributed by atoms with Gasteiger partial charge in [-0.3, -0.25) is 14.5 Å². The van der Waals surface area contributed by atoms with Crippen LogP contribution < -0.4 is 9.47 Å². The predicted molar refractivity (Wildman–Crippen MR) is 141 cm³/mol. The number of nitrogens with zero attached hydrogens (tertiary/aromatic N) is 2. The highest BCUT2D eigenvalue weighted by molar-refractivity contribution is 6.16. The maximum Gasteiger partial charge on any atom is 0.290 e. The van der Waals surface area contributed by atoms with E-state index >= 15 is 0 Å². The van der Waals surface area contributed by atoms with Crippen LogP contribution in [0.2, 0.25) is 0 Å². The second-order valence-electron chi connectivity index (χ2n) is 9.53. The van der Waals surface area contributed by atoms with Crippen molar-refractivity contribution >= 4 is 22.7 Å². The Hall–Kier alpha value is -3.82. The third-order valence-corrected chi connectivity index (χ3v) is 7.15. The Morgan fingerprint density at radius 1 is 1.08 bits per heavy atom. The standard InChI is InChI=1S/C29H32N2O7/c1-18-8-9-21-19(16-18)17-23(38-21)26(32)24-25(20-6-4-7-22(35-2)28(20)36-3)31(29(34)27(24)33)11-5-10-30-12-14-37-15-13-30/h4,6-9,16-17,25,33H,5,10-15H2,1-3H3. The molecule has 1 N–H and O–H groups in total. The van der Waals surface area contributed by atoms with Crippen molar-refractivity contribution in [3.8, 4) is 11.5 Å². The normalized spacial score (nSPS) is 18.4. The van der Waals surface area contributed by atoms with E-state index in [1.165, 1.54) is 19.1 Å². The number of ketones is 1. The highest BCUT2D eigenvalue weighted by atomic mass is 16.5. The Balaban J connectivity index is 1.53. The Labute approximate surface area is 221 Å². The highest BCUT2D eigenvalue weighted by Crippen LogP contribution is 2.45. The second-order valence-corrected chi connectivity index (χ2v) is 9.53. The molecule has 1 aromatic heterocycles. The maximum atomic E-state index is 13.9. The third kappa shape index (κ3) is 4.75. The summed E-state index contributed by atoms with van der Waals surface area (Å²) >= 11 is 0. The van der Waals surface area contributed by atoms with Gasteiger partial charge in [0, 0.05) is 37.1 Å².